The first-order chi connectivity index (χ1) is 11.2. The molecule has 1 aromatic carbocycles. The topological polar surface area (TPSA) is 29.9 Å². The minimum atomic E-state index is 0.720. The summed E-state index contributed by atoms with van der Waals surface area (Å²) in [5.41, 5.74) is 3.33. The Hall–Kier alpha value is -1.78. The number of thiophene rings is 1. The number of aryl methyl sites for hydroxylation is 1. The van der Waals surface area contributed by atoms with Crippen molar-refractivity contribution in [3.05, 3.63) is 51.9 Å². The molecule has 0 saturated heterocycles. The lowest BCUT2D eigenvalue weighted by atomic mass is 10.1. The van der Waals surface area contributed by atoms with E-state index in [9.17, 15) is 0 Å². The van der Waals surface area contributed by atoms with Gasteiger partial charge < -0.3 is 5.32 Å². The van der Waals surface area contributed by atoms with Crippen molar-refractivity contribution in [3.63, 3.8) is 0 Å². The molecule has 0 spiro atoms. The van der Waals surface area contributed by atoms with Gasteiger partial charge in [0.1, 0.15) is 11.5 Å². The van der Waals surface area contributed by atoms with Gasteiger partial charge in [-0.15, -0.1) is 11.3 Å². The van der Waals surface area contributed by atoms with Crippen LogP contribution in [0.5, 0.6) is 0 Å². The second kappa shape index (κ2) is 6.02. The molecular weight excluding hydrogens is 326 g/mol. The molecule has 5 heteroatoms. The van der Waals surface area contributed by atoms with Crippen LogP contribution < -0.4 is 5.32 Å². The highest BCUT2D eigenvalue weighted by molar-refractivity contribution is 7.15. The van der Waals surface area contributed by atoms with Gasteiger partial charge in [-0.25, -0.2) is 4.68 Å². The number of hydrogen-bond acceptors (Lipinski definition) is 3. The van der Waals surface area contributed by atoms with Gasteiger partial charge in [-0.3, -0.25) is 0 Å². The Labute approximate surface area is 144 Å². The van der Waals surface area contributed by atoms with Crippen molar-refractivity contribution >= 4 is 28.8 Å². The van der Waals surface area contributed by atoms with Crippen LogP contribution in [0.15, 0.2) is 36.4 Å². The monoisotopic (exact) mass is 343 g/mol. The van der Waals surface area contributed by atoms with Crippen LogP contribution in [-0.4, -0.2) is 16.3 Å². The molecule has 1 aliphatic heterocycles. The summed E-state index contributed by atoms with van der Waals surface area (Å²) >= 11 is 8.21. The Kier molecular flexibility index (Phi) is 3.87. The summed E-state index contributed by atoms with van der Waals surface area (Å²) in [4.78, 5) is 2.54. The third-order valence-corrected chi connectivity index (χ3v) is 5.51. The number of aromatic nitrogens is 2. The average Bonchev–Trinajstić information content (AvgIpc) is 3.03. The second-order valence-electron chi connectivity index (χ2n) is 5.83. The first-order valence-electron chi connectivity index (χ1n) is 7.91. The predicted molar refractivity (Wildman–Crippen MR) is 98.1 cm³/mol. The summed E-state index contributed by atoms with van der Waals surface area (Å²) in [5, 5.41) is 9.21. The Bertz CT molecular complexity index is 850. The van der Waals surface area contributed by atoms with Crippen molar-refractivity contribution in [2.45, 2.75) is 26.2 Å². The fourth-order valence-electron chi connectivity index (χ4n) is 3.06. The maximum absolute atomic E-state index is 6.42. The second-order valence-corrected chi connectivity index (χ2v) is 7.53. The van der Waals surface area contributed by atoms with E-state index in [2.05, 4.69) is 24.4 Å². The molecule has 3 aromatic rings. The largest absolute Gasteiger partial charge is 0.370 e. The Morgan fingerprint density at radius 1 is 1.17 bits per heavy atom. The van der Waals surface area contributed by atoms with Crippen molar-refractivity contribution in [3.8, 4) is 16.3 Å². The van der Waals surface area contributed by atoms with Crippen molar-refractivity contribution in [2.75, 3.05) is 11.9 Å². The normalized spacial score (nSPS) is 14.2. The van der Waals surface area contributed by atoms with Gasteiger partial charge in [0.25, 0.3) is 0 Å². The molecule has 0 radical (unpaired) electrons. The van der Waals surface area contributed by atoms with E-state index in [1.54, 1.807) is 11.3 Å². The van der Waals surface area contributed by atoms with Gasteiger partial charge in [-0.2, -0.15) is 5.10 Å². The predicted octanol–water partition coefficient (Wildman–Crippen LogP) is 5.31. The van der Waals surface area contributed by atoms with E-state index in [-0.39, 0.29) is 0 Å². The Balaban J connectivity index is 1.93. The van der Waals surface area contributed by atoms with Gasteiger partial charge in [0.2, 0.25) is 0 Å². The van der Waals surface area contributed by atoms with E-state index < -0.39 is 0 Å². The van der Waals surface area contributed by atoms with Crippen molar-refractivity contribution < 1.29 is 0 Å². The molecule has 1 aliphatic rings. The van der Waals surface area contributed by atoms with Crippen LogP contribution in [-0.2, 0) is 6.42 Å². The Morgan fingerprint density at radius 2 is 2.04 bits per heavy atom. The zero-order valence-electron chi connectivity index (χ0n) is 13.0. The Morgan fingerprint density at radius 3 is 2.83 bits per heavy atom. The molecule has 0 atom stereocenters. The molecule has 4 rings (SSSR count). The van der Waals surface area contributed by atoms with Crippen LogP contribution in [0.1, 0.15) is 23.3 Å². The zero-order chi connectivity index (χ0) is 15.8. The van der Waals surface area contributed by atoms with Gasteiger partial charge >= 0.3 is 0 Å². The minimum Gasteiger partial charge on any atom is -0.370 e. The summed E-state index contributed by atoms with van der Waals surface area (Å²) in [5.74, 6) is 1.09. The van der Waals surface area contributed by atoms with Crippen molar-refractivity contribution in [1.82, 2.24) is 9.78 Å². The first-order valence-corrected chi connectivity index (χ1v) is 9.11. The van der Waals surface area contributed by atoms with Gasteiger partial charge in [-0.1, -0.05) is 23.7 Å². The van der Waals surface area contributed by atoms with Crippen LogP contribution in [0.25, 0.3) is 16.3 Å². The van der Waals surface area contributed by atoms with E-state index in [4.69, 9.17) is 16.7 Å². The van der Waals surface area contributed by atoms with Crippen LogP contribution in [0.4, 0.5) is 5.82 Å². The fraction of sp³-hybridized carbons (Fsp3) is 0.278. The quantitative estimate of drug-likeness (QED) is 0.683. The number of fused-ring (bicyclic) bond motifs is 1. The molecule has 0 saturated carbocycles. The van der Waals surface area contributed by atoms with Crippen LogP contribution in [0.3, 0.4) is 0 Å². The molecule has 23 heavy (non-hydrogen) atoms. The van der Waals surface area contributed by atoms with Crippen molar-refractivity contribution in [2.24, 2.45) is 0 Å². The van der Waals surface area contributed by atoms with E-state index in [0.717, 1.165) is 35.2 Å². The molecule has 0 unspecified atom stereocenters. The average molecular weight is 344 g/mol. The number of nitrogens with zero attached hydrogens (tertiary/aromatic N) is 2. The summed E-state index contributed by atoms with van der Waals surface area (Å²) in [6, 6.07) is 12.2. The van der Waals surface area contributed by atoms with Crippen molar-refractivity contribution in [1.29, 1.82) is 0 Å². The third kappa shape index (κ3) is 2.66. The fourth-order valence-corrected chi connectivity index (χ4v) is 4.16. The maximum atomic E-state index is 6.42. The lowest BCUT2D eigenvalue weighted by Gasteiger charge is -2.10. The van der Waals surface area contributed by atoms with Gasteiger partial charge in [-0.05, 0) is 50.5 Å². The molecule has 0 fully saturated rings. The van der Waals surface area contributed by atoms with Crippen LogP contribution in [0.2, 0.25) is 5.02 Å². The summed E-state index contributed by atoms with van der Waals surface area (Å²) in [6.45, 7) is 3.11. The van der Waals surface area contributed by atoms with Crippen LogP contribution in [0, 0.1) is 6.92 Å². The van der Waals surface area contributed by atoms with E-state index in [1.165, 1.54) is 28.2 Å². The number of halogens is 1. The molecular formula is C18H18ClN3S. The number of hydrogen-bond donors (Lipinski definition) is 1. The lowest BCUT2D eigenvalue weighted by Crippen LogP contribution is -2.07. The first kappa shape index (κ1) is 14.8. The van der Waals surface area contributed by atoms with E-state index in [1.807, 2.05) is 28.9 Å². The van der Waals surface area contributed by atoms with Gasteiger partial charge in [0.05, 0.1) is 15.6 Å². The summed E-state index contributed by atoms with van der Waals surface area (Å²) in [6.07, 6.45) is 3.42. The number of benzene rings is 1. The highest BCUT2D eigenvalue weighted by atomic mass is 35.5. The number of anilines is 1. The van der Waals surface area contributed by atoms with E-state index >= 15 is 0 Å². The molecule has 0 bridgehead atoms. The minimum absolute atomic E-state index is 0.720. The molecule has 0 aliphatic carbocycles. The summed E-state index contributed by atoms with van der Waals surface area (Å²) in [7, 11) is 0. The van der Waals surface area contributed by atoms with E-state index in [0.29, 0.717) is 0 Å². The van der Waals surface area contributed by atoms with Gasteiger partial charge in [0.15, 0.2) is 0 Å². The molecule has 118 valence electrons. The standard InChI is InChI=1S/C18H18ClN3S/c1-12-9-10-16(23-12)17-13-6-4-5-11-20-18(13)22(21-17)15-8-3-2-7-14(15)19/h2-3,7-10,20H,4-6,11H2,1H3. The highest BCUT2D eigenvalue weighted by Gasteiger charge is 2.23. The SMILES string of the molecule is Cc1ccc(-c2nn(-c3ccccc3Cl)c3c2CCCCN3)s1. The summed E-state index contributed by atoms with van der Waals surface area (Å²) < 4.78 is 1.98. The number of nitrogens with one attached hydrogen (secondary N) is 1. The molecule has 2 aromatic heterocycles. The van der Waals surface area contributed by atoms with Gasteiger partial charge in [0, 0.05) is 17.0 Å². The molecule has 1 N–H and O–H groups in total. The van der Waals surface area contributed by atoms with Crippen LogP contribution >= 0.6 is 22.9 Å². The maximum Gasteiger partial charge on any atom is 0.133 e. The number of rotatable bonds is 2. The molecule has 3 heterocycles. The molecule has 3 nitrogen and oxygen atoms in total. The smallest absolute Gasteiger partial charge is 0.133 e. The lowest BCUT2D eigenvalue weighted by molar-refractivity contribution is 0.780. The zero-order valence-corrected chi connectivity index (χ0v) is 14.5. The highest BCUT2D eigenvalue weighted by Crippen LogP contribution is 2.37. The number of para-hydroxylation sites is 1. The molecule has 0 amide bonds. The third-order valence-electron chi connectivity index (χ3n) is 4.18.